The molecule has 2 aromatic rings. The van der Waals surface area contributed by atoms with E-state index in [1.165, 1.54) is 0 Å². The molecule has 1 N–H and O–H groups in total. The topological polar surface area (TPSA) is 78.4 Å². The first-order chi connectivity index (χ1) is 12.2. The van der Waals surface area contributed by atoms with Crippen LogP contribution < -0.4 is 10.2 Å². The summed E-state index contributed by atoms with van der Waals surface area (Å²) in [6.07, 6.45) is 0.858. The maximum atomic E-state index is 12.4. The van der Waals surface area contributed by atoms with Gasteiger partial charge in [0.1, 0.15) is 5.69 Å². The summed E-state index contributed by atoms with van der Waals surface area (Å²) in [7, 11) is 0. The van der Waals surface area contributed by atoms with E-state index in [0.717, 1.165) is 17.7 Å². The Morgan fingerprint density at radius 1 is 1.16 bits per heavy atom. The van der Waals surface area contributed by atoms with Gasteiger partial charge in [-0.3, -0.25) is 9.59 Å². The van der Waals surface area contributed by atoms with Gasteiger partial charge in [-0.15, -0.1) is 0 Å². The number of anilines is 1. The molecule has 1 aromatic carbocycles. The fourth-order valence-corrected chi connectivity index (χ4v) is 2.71. The molecule has 2 amide bonds. The summed E-state index contributed by atoms with van der Waals surface area (Å²) < 4.78 is 0. The number of amides is 2. The number of aryl methyl sites for hydroxylation is 1. The highest BCUT2D eigenvalue weighted by Gasteiger charge is 2.19. The van der Waals surface area contributed by atoms with Gasteiger partial charge in [0.25, 0.3) is 5.91 Å². The van der Waals surface area contributed by atoms with Crippen LogP contribution >= 0.6 is 0 Å². The van der Waals surface area contributed by atoms with E-state index in [1.54, 1.807) is 11.0 Å². The lowest BCUT2D eigenvalue weighted by Crippen LogP contribution is -2.46. The summed E-state index contributed by atoms with van der Waals surface area (Å²) in [5.74, 6) is 0.317. The Morgan fingerprint density at radius 3 is 2.56 bits per heavy atom. The highest BCUT2D eigenvalue weighted by molar-refractivity contribution is 5.92. The van der Waals surface area contributed by atoms with Crippen LogP contribution in [-0.2, 0) is 11.3 Å². The lowest BCUT2D eigenvalue weighted by molar-refractivity contribution is -0.118. The molecule has 7 nitrogen and oxygen atoms in total. The van der Waals surface area contributed by atoms with E-state index < -0.39 is 0 Å². The van der Waals surface area contributed by atoms with E-state index in [0.29, 0.717) is 44.4 Å². The third-order valence-corrected chi connectivity index (χ3v) is 4.12. The molecule has 0 saturated carbocycles. The van der Waals surface area contributed by atoms with Gasteiger partial charge >= 0.3 is 0 Å². The number of aromatic nitrogens is 2. The van der Waals surface area contributed by atoms with Crippen molar-refractivity contribution in [2.45, 2.75) is 13.5 Å². The maximum Gasteiger partial charge on any atom is 0.270 e. The van der Waals surface area contributed by atoms with Crippen molar-refractivity contribution in [2.75, 3.05) is 31.1 Å². The smallest absolute Gasteiger partial charge is 0.270 e. The Hall–Kier alpha value is -2.96. The molecule has 2 heterocycles. The molecular weight excluding hydrogens is 318 g/mol. The quantitative estimate of drug-likeness (QED) is 0.822. The van der Waals surface area contributed by atoms with Gasteiger partial charge in [0, 0.05) is 38.4 Å². The predicted octanol–water partition coefficient (Wildman–Crippen LogP) is 0.993. The second kappa shape index (κ2) is 7.74. The van der Waals surface area contributed by atoms with Crippen molar-refractivity contribution in [3.63, 3.8) is 0 Å². The minimum atomic E-state index is -0.220. The van der Waals surface area contributed by atoms with Crippen LogP contribution in [0.4, 0.5) is 5.95 Å². The van der Waals surface area contributed by atoms with E-state index in [9.17, 15) is 9.59 Å². The van der Waals surface area contributed by atoms with Crippen LogP contribution in [0, 0.1) is 6.92 Å². The van der Waals surface area contributed by atoms with E-state index in [2.05, 4.69) is 15.3 Å². The highest BCUT2D eigenvalue weighted by Crippen LogP contribution is 2.13. The average molecular weight is 339 g/mol. The highest BCUT2D eigenvalue weighted by atomic mass is 16.2. The minimum Gasteiger partial charge on any atom is -0.347 e. The number of hydrogen-bond donors (Lipinski definition) is 1. The number of benzene rings is 1. The molecule has 3 rings (SSSR count). The molecule has 0 atom stereocenters. The van der Waals surface area contributed by atoms with Crippen molar-refractivity contribution in [2.24, 2.45) is 0 Å². The van der Waals surface area contributed by atoms with Crippen LogP contribution in [0.1, 0.15) is 21.7 Å². The summed E-state index contributed by atoms with van der Waals surface area (Å²) in [4.78, 5) is 35.8. The van der Waals surface area contributed by atoms with Gasteiger partial charge in [0.05, 0.1) is 0 Å². The first-order valence-corrected chi connectivity index (χ1v) is 8.28. The van der Waals surface area contributed by atoms with Gasteiger partial charge in [-0.05, 0) is 18.6 Å². The van der Waals surface area contributed by atoms with Crippen molar-refractivity contribution in [3.05, 3.63) is 53.3 Å². The minimum absolute atomic E-state index is 0.220. The van der Waals surface area contributed by atoms with Crippen molar-refractivity contribution in [1.82, 2.24) is 20.2 Å². The van der Waals surface area contributed by atoms with Crippen molar-refractivity contribution in [1.29, 1.82) is 0 Å². The Bertz CT molecular complexity index is 742. The molecule has 0 bridgehead atoms. The van der Waals surface area contributed by atoms with Gasteiger partial charge in [-0.2, -0.15) is 0 Å². The van der Waals surface area contributed by atoms with Gasteiger partial charge < -0.3 is 15.1 Å². The molecule has 0 radical (unpaired) electrons. The zero-order valence-electron chi connectivity index (χ0n) is 14.2. The second-order valence-corrected chi connectivity index (χ2v) is 5.99. The largest absolute Gasteiger partial charge is 0.347 e. The molecule has 130 valence electrons. The average Bonchev–Trinajstić information content (AvgIpc) is 2.66. The molecule has 0 unspecified atom stereocenters. The molecule has 1 fully saturated rings. The number of rotatable bonds is 5. The SMILES string of the molecule is Cc1cc(C(=O)NCc2ccccc2)nc(N2CCN(C=O)CC2)n1. The Labute approximate surface area is 146 Å². The lowest BCUT2D eigenvalue weighted by Gasteiger charge is -2.32. The number of hydrogen-bond acceptors (Lipinski definition) is 5. The van der Waals surface area contributed by atoms with Crippen LogP contribution in [0.25, 0.3) is 0 Å². The zero-order valence-corrected chi connectivity index (χ0v) is 14.2. The van der Waals surface area contributed by atoms with Crippen LogP contribution in [-0.4, -0.2) is 53.4 Å². The third kappa shape index (κ3) is 4.32. The maximum absolute atomic E-state index is 12.4. The van der Waals surface area contributed by atoms with E-state index >= 15 is 0 Å². The number of nitrogens with zero attached hydrogens (tertiary/aromatic N) is 4. The standard InChI is InChI=1S/C18H21N5O2/c1-14-11-16(17(25)19-12-15-5-3-2-4-6-15)21-18(20-14)23-9-7-22(13-24)8-10-23/h2-6,11,13H,7-10,12H2,1H3,(H,19,25). The van der Waals surface area contributed by atoms with Gasteiger partial charge in [-0.25, -0.2) is 9.97 Å². The second-order valence-electron chi connectivity index (χ2n) is 5.99. The van der Waals surface area contributed by atoms with Crippen molar-refractivity contribution < 1.29 is 9.59 Å². The summed E-state index contributed by atoms with van der Waals surface area (Å²) in [5, 5.41) is 2.89. The van der Waals surface area contributed by atoms with Crippen molar-refractivity contribution >= 4 is 18.3 Å². The molecular formula is C18H21N5O2. The first-order valence-electron chi connectivity index (χ1n) is 8.28. The van der Waals surface area contributed by atoms with E-state index in [1.807, 2.05) is 42.2 Å². The number of carbonyl (C=O) groups excluding carboxylic acids is 2. The Kier molecular flexibility index (Phi) is 5.23. The Balaban J connectivity index is 1.68. The zero-order chi connectivity index (χ0) is 17.6. The van der Waals surface area contributed by atoms with Crippen LogP contribution in [0.2, 0.25) is 0 Å². The van der Waals surface area contributed by atoms with Gasteiger partial charge in [0.15, 0.2) is 0 Å². The summed E-state index contributed by atoms with van der Waals surface area (Å²) in [6, 6.07) is 11.4. The summed E-state index contributed by atoms with van der Waals surface area (Å²) in [6.45, 7) is 4.89. The number of nitrogens with one attached hydrogen (secondary N) is 1. The molecule has 1 aromatic heterocycles. The monoisotopic (exact) mass is 339 g/mol. The molecule has 1 saturated heterocycles. The molecule has 1 aliphatic rings. The first kappa shape index (κ1) is 16.9. The van der Waals surface area contributed by atoms with Crippen LogP contribution in [0.5, 0.6) is 0 Å². The predicted molar refractivity (Wildman–Crippen MR) is 94.2 cm³/mol. The van der Waals surface area contributed by atoms with Crippen LogP contribution in [0.15, 0.2) is 36.4 Å². The van der Waals surface area contributed by atoms with Crippen molar-refractivity contribution in [3.8, 4) is 0 Å². The fraction of sp³-hybridized carbons (Fsp3) is 0.333. The third-order valence-electron chi connectivity index (χ3n) is 4.12. The lowest BCUT2D eigenvalue weighted by atomic mass is 10.2. The van der Waals surface area contributed by atoms with Gasteiger partial charge in [-0.1, -0.05) is 30.3 Å². The Morgan fingerprint density at radius 2 is 1.88 bits per heavy atom. The van der Waals surface area contributed by atoms with Gasteiger partial charge in [0.2, 0.25) is 12.4 Å². The number of carbonyl (C=O) groups is 2. The summed E-state index contributed by atoms with van der Waals surface area (Å²) in [5.41, 5.74) is 2.13. The van der Waals surface area contributed by atoms with Crippen LogP contribution in [0.3, 0.4) is 0 Å². The molecule has 1 aliphatic heterocycles. The van der Waals surface area contributed by atoms with E-state index in [-0.39, 0.29) is 5.91 Å². The van der Waals surface area contributed by atoms with E-state index in [4.69, 9.17) is 0 Å². The number of piperazine rings is 1. The molecule has 25 heavy (non-hydrogen) atoms. The molecule has 0 aliphatic carbocycles. The normalized spacial score (nSPS) is 14.3. The summed E-state index contributed by atoms with van der Waals surface area (Å²) >= 11 is 0. The fourth-order valence-electron chi connectivity index (χ4n) is 2.71. The molecule has 7 heteroatoms. The molecule has 0 spiro atoms.